The zero-order valence-electron chi connectivity index (χ0n) is 18.1. The third-order valence-corrected chi connectivity index (χ3v) is 5.96. The van der Waals surface area contributed by atoms with Crippen molar-refractivity contribution in [3.05, 3.63) is 90.5 Å². The molecule has 0 bridgehead atoms. The van der Waals surface area contributed by atoms with Crippen molar-refractivity contribution in [3.63, 3.8) is 0 Å². The van der Waals surface area contributed by atoms with Crippen LogP contribution in [0, 0.1) is 6.92 Å². The van der Waals surface area contributed by atoms with Crippen molar-refractivity contribution < 1.29 is 0 Å². The van der Waals surface area contributed by atoms with Gasteiger partial charge < -0.3 is 9.88 Å². The maximum atomic E-state index is 5.21. The van der Waals surface area contributed by atoms with Gasteiger partial charge in [0, 0.05) is 17.8 Å². The summed E-state index contributed by atoms with van der Waals surface area (Å²) in [4.78, 5) is 5.21. The van der Waals surface area contributed by atoms with Crippen molar-refractivity contribution in [2.24, 2.45) is 0 Å². The van der Waals surface area contributed by atoms with Crippen molar-refractivity contribution >= 4 is 33.2 Å². The van der Waals surface area contributed by atoms with Crippen LogP contribution in [-0.2, 0) is 6.54 Å². The molecule has 0 aliphatic carbocycles. The van der Waals surface area contributed by atoms with Crippen molar-refractivity contribution in [2.45, 2.75) is 33.2 Å². The molecule has 0 aliphatic rings. The minimum Gasteiger partial charge on any atom is -0.353 e. The number of aryl methyl sites for hydroxylation is 2. The first kappa shape index (κ1) is 19.4. The molecule has 0 atom stereocenters. The lowest BCUT2D eigenvalue weighted by Gasteiger charge is -2.11. The van der Waals surface area contributed by atoms with E-state index in [1.165, 1.54) is 27.4 Å². The van der Waals surface area contributed by atoms with Crippen LogP contribution < -0.4 is 5.32 Å². The number of fused-ring (bicyclic) bond motifs is 2. The van der Waals surface area contributed by atoms with Crippen LogP contribution in [0.2, 0.25) is 0 Å². The van der Waals surface area contributed by atoms with E-state index in [9.17, 15) is 0 Å². The molecule has 0 amide bonds. The Morgan fingerprint density at radius 2 is 1.55 bits per heavy atom. The average molecular weight is 406 g/mol. The summed E-state index contributed by atoms with van der Waals surface area (Å²) >= 11 is 0. The molecule has 1 aromatic heterocycles. The van der Waals surface area contributed by atoms with Gasteiger partial charge in [-0.1, -0.05) is 80.1 Å². The molecule has 31 heavy (non-hydrogen) atoms. The Morgan fingerprint density at radius 3 is 2.42 bits per heavy atom. The number of nitrogens with one attached hydrogen (secondary N) is 1. The van der Waals surface area contributed by atoms with Crippen LogP contribution in [0.4, 0.5) is 11.4 Å². The molecule has 1 heterocycles. The van der Waals surface area contributed by atoms with Crippen LogP contribution in [-0.4, -0.2) is 9.55 Å². The number of hydrogen-bond acceptors (Lipinski definition) is 2. The first-order chi connectivity index (χ1) is 15.3. The number of benzene rings is 4. The van der Waals surface area contributed by atoms with E-state index in [1.54, 1.807) is 0 Å². The number of unbranched alkanes of at least 4 members (excludes halogenated alkanes) is 1. The highest BCUT2D eigenvalue weighted by atomic mass is 15.1. The molecular formula is C28H27N3. The molecule has 5 aromatic rings. The average Bonchev–Trinajstić information content (AvgIpc) is 3.18. The molecule has 0 aliphatic heterocycles. The third kappa shape index (κ3) is 3.57. The van der Waals surface area contributed by atoms with E-state index in [0.29, 0.717) is 0 Å². The van der Waals surface area contributed by atoms with Crippen molar-refractivity contribution in [2.75, 3.05) is 5.32 Å². The highest BCUT2D eigenvalue weighted by molar-refractivity contribution is 5.99. The summed E-state index contributed by atoms with van der Waals surface area (Å²) in [5, 5.41) is 6.11. The second-order valence-corrected chi connectivity index (χ2v) is 8.08. The molecule has 0 spiro atoms. The Kier molecular flexibility index (Phi) is 5.17. The normalized spacial score (nSPS) is 11.3. The van der Waals surface area contributed by atoms with Gasteiger partial charge >= 0.3 is 0 Å². The Hall–Kier alpha value is -3.59. The van der Waals surface area contributed by atoms with Crippen LogP contribution in [0.25, 0.3) is 33.2 Å². The fourth-order valence-electron chi connectivity index (χ4n) is 4.27. The molecule has 0 unspecified atom stereocenters. The maximum absolute atomic E-state index is 5.21. The molecule has 3 nitrogen and oxygen atoms in total. The number of rotatable bonds is 6. The summed E-state index contributed by atoms with van der Waals surface area (Å²) < 4.78 is 2.39. The zero-order valence-corrected chi connectivity index (χ0v) is 18.1. The van der Waals surface area contributed by atoms with Gasteiger partial charge in [-0.05, 0) is 47.9 Å². The van der Waals surface area contributed by atoms with Gasteiger partial charge in [-0.25, -0.2) is 4.98 Å². The van der Waals surface area contributed by atoms with Crippen LogP contribution in [0.1, 0.15) is 25.3 Å². The summed E-state index contributed by atoms with van der Waals surface area (Å²) in [6.45, 7) is 5.32. The number of hydrogen-bond donors (Lipinski definition) is 1. The fourth-order valence-corrected chi connectivity index (χ4v) is 4.27. The van der Waals surface area contributed by atoms with E-state index < -0.39 is 0 Å². The standard InChI is InChI=1S/C28H27N3/c1-3-4-19-31-26-18-10-17-25(29-24-16-8-5-11-20(24)2)27(26)30-28(31)23-15-9-13-21-12-6-7-14-22(21)23/h5-18,29H,3-4,19H2,1-2H3. The first-order valence-corrected chi connectivity index (χ1v) is 11.1. The molecule has 154 valence electrons. The molecule has 4 aromatic carbocycles. The highest BCUT2D eigenvalue weighted by Gasteiger charge is 2.17. The van der Waals surface area contributed by atoms with E-state index in [2.05, 4.69) is 109 Å². The molecule has 0 saturated carbocycles. The smallest absolute Gasteiger partial charge is 0.141 e. The Bertz CT molecular complexity index is 1360. The predicted molar refractivity (Wildman–Crippen MR) is 132 cm³/mol. The molecule has 0 radical (unpaired) electrons. The molecule has 0 fully saturated rings. The Labute approximate surface area is 183 Å². The van der Waals surface area contributed by atoms with E-state index in [1.807, 2.05) is 0 Å². The van der Waals surface area contributed by atoms with Gasteiger partial charge in [0.2, 0.25) is 0 Å². The zero-order chi connectivity index (χ0) is 21.2. The van der Waals surface area contributed by atoms with E-state index in [-0.39, 0.29) is 0 Å². The molecule has 1 N–H and O–H groups in total. The number of imidazole rings is 1. The molecule has 3 heteroatoms. The minimum atomic E-state index is 0.958. The SMILES string of the molecule is CCCCn1c(-c2cccc3ccccc23)nc2c(Nc3ccccc3C)cccc21. The highest BCUT2D eigenvalue weighted by Crippen LogP contribution is 2.34. The second kappa shape index (κ2) is 8.27. The van der Waals surface area contributed by atoms with Gasteiger partial charge in [0.1, 0.15) is 11.3 Å². The maximum Gasteiger partial charge on any atom is 0.141 e. The van der Waals surface area contributed by atoms with Crippen molar-refractivity contribution in [1.29, 1.82) is 0 Å². The van der Waals surface area contributed by atoms with Crippen LogP contribution >= 0.6 is 0 Å². The third-order valence-electron chi connectivity index (χ3n) is 5.96. The van der Waals surface area contributed by atoms with Gasteiger partial charge in [-0.3, -0.25) is 0 Å². The lowest BCUT2D eigenvalue weighted by Crippen LogP contribution is -2.01. The molecule has 0 saturated heterocycles. The van der Waals surface area contributed by atoms with Gasteiger partial charge in [0.25, 0.3) is 0 Å². The topological polar surface area (TPSA) is 29.9 Å². The van der Waals surface area contributed by atoms with Crippen LogP contribution in [0.15, 0.2) is 84.9 Å². The van der Waals surface area contributed by atoms with Crippen molar-refractivity contribution in [1.82, 2.24) is 9.55 Å². The van der Waals surface area contributed by atoms with Gasteiger partial charge in [0.15, 0.2) is 0 Å². The summed E-state index contributed by atoms with van der Waals surface area (Å²) in [6, 6.07) is 29.9. The van der Waals surface area contributed by atoms with Gasteiger partial charge in [-0.2, -0.15) is 0 Å². The quantitative estimate of drug-likeness (QED) is 0.313. The van der Waals surface area contributed by atoms with Crippen LogP contribution in [0.5, 0.6) is 0 Å². The number of nitrogens with zero attached hydrogens (tertiary/aromatic N) is 2. The lowest BCUT2D eigenvalue weighted by atomic mass is 10.0. The monoisotopic (exact) mass is 405 g/mol. The van der Waals surface area contributed by atoms with E-state index in [0.717, 1.165) is 42.1 Å². The summed E-state index contributed by atoms with van der Waals surface area (Å²) in [7, 11) is 0. The van der Waals surface area contributed by atoms with E-state index in [4.69, 9.17) is 4.98 Å². The summed E-state index contributed by atoms with van der Waals surface area (Å²) in [5.74, 6) is 1.04. The predicted octanol–water partition coefficient (Wildman–Crippen LogP) is 7.71. The molecular weight excluding hydrogens is 378 g/mol. The lowest BCUT2D eigenvalue weighted by molar-refractivity contribution is 0.651. The minimum absolute atomic E-state index is 0.958. The van der Waals surface area contributed by atoms with Crippen LogP contribution in [0.3, 0.4) is 0 Å². The van der Waals surface area contributed by atoms with Crippen molar-refractivity contribution in [3.8, 4) is 11.4 Å². The van der Waals surface area contributed by atoms with Gasteiger partial charge in [-0.15, -0.1) is 0 Å². The largest absolute Gasteiger partial charge is 0.353 e. The number of aromatic nitrogens is 2. The molecule has 5 rings (SSSR count). The van der Waals surface area contributed by atoms with E-state index >= 15 is 0 Å². The Balaban J connectivity index is 1.72. The van der Waals surface area contributed by atoms with Gasteiger partial charge in [0.05, 0.1) is 11.2 Å². The Morgan fingerprint density at radius 1 is 0.806 bits per heavy atom. The number of para-hydroxylation sites is 2. The number of anilines is 2. The fraction of sp³-hybridized carbons (Fsp3) is 0.179. The first-order valence-electron chi connectivity index (χ1n) is 11.1. The summed E-state index contributed by atoms with van der Waals surface area (Å²) in [5.41, 5.74) is 6.76. The summed E-state index contributed by atoms with van der Waals surface area (Å²) in [6.07, 6.45) is 2.27. The second-order valence-electron chi connectivity index (χ2n) is 8.08.